The number of carboxylic acid groups (broad SMARTS) is 1. The summed E-state index contributed by atoms with van der Waals surface area (Å²) < 4.78 is 2.17. The van der Waals surface area contributed by atoms with Crippen LogP contribution in [0.1, 0.15) is 53.8 Å². The van der Waals surface area contributed by atoms with Crippen LogP contribution >= 0.6 is 0 Å². The van der Waals surface area contributed by atoms with Crippen LogP contribution in [-0.4, -0.2) is 31.8 Å². The number of hydrogen-bond donors (Lipinski definition) is 2. The van der Waals surface area contributed by atoms with Gasteiger partial charge < -0.3 is 14.8 Å². The number of hydrogen-bond acceptors (Lipinski definition) is 3. The first-order chi connectivity index (χ1) is 9.65. The number of para-hydroxylation sites is 1. The zero-order valence-corrected chi connectivity index (χ0v) is 11.0. The van der Waals surface area contributed by atoms with Gasteiger partial charge in [-0.3, -0.25) is 0 Å². The second-order valence-corrected chi connectivity index (χ2v) is 5.87. The molecule has 2 fully saturated rings. The zero-order chi connectivity index (χ0) is 13.9. The summed E-state index contributed by atoms with van der Waals surface area (Å²) >= 11 is 0. The van der Waals surface area contributed by atoms with Gasteiger partial charge in [0.15, 0.2) is 0 Å². The van der Waals surface area contributed by atoms with Gasteiger partial charge in [0.1, 0.15) is 11.3 Å². The summed E-state index contributed by atoms with van der Waals surface area (Å²) in [5.74, 6) is 0.531. The Balaban J connectivity index is 1.92. The van der Waals surface area contributed by atoms with Crippen molar-refractivity contribution < 1.29 is 15.0 Å². The lowest BCUT2D eigenvalue weighted by Crippen LogP contribution is -2.31. The lowest BCUT2D eigenvalue weighted by Gasteiger charge is -2.34. The van der Waals surface area contributed by atoms with Gasteiger partial charge in [0.05, 0.1) is 17.2 Å². The van der Waals surface area contributed by atoms with Crippen LogP contribution in [-0.2, 0) is 0 Å². The number of aromatic nitrogens is 2. The highest BCUT2D eigenvalue weighted by Crippen LogP contribution is 2.45. The van der Waals surface area contributed by atoms with Gasteiger partial charge in [0.2, 0.25) is 0 Å². The lowest BCUT2D eigenvalue weighted by atomic mass is 9.89. The van der Waals surface area contributed by atoms with Crippen molar-refractivity contribution in [3.63, 3.8) is 0 Å². The maximum Gasteiger partial charge on any atom is 0.337 e. The molecule has 1 heterocycles. The van der Waals surface area contributed by atoms with Gasteiger partial charge in [-0.05, 0) is 37.8 Å². The number of nitrogens with zero attached hydrogens (tertiary/aromatic N) is 2. The van der Waals surface area contributed by atoms with Gasteiger partial charge in [-0.2, -0.15) is 0 Å². The van der Waals surface area contributed by atoms with Crippen LogP contribution in [0, 0.1) is 0 Å². The van der Waals surface area contributed by atoms with Crippen molar-refractivity contribution in [2.75, 3.05) is 0 Å². The molecule has 5 nitrogen and oxygen atoms in total. The van der Waals surface area contributed by atoms with Gasteiger partial charge in [-0.15, -0.1) is 0 Å². The van der Waals surface area contributed by atoms with E-state index in [0.29, 0.717) is 11.4 Å². The van der Waals surface area contributed by atoms with Gasteiger partial charge >= 0.3 is 5.97 Å². The molecule has 1 aromatic carbocycles. The predicted octanol–water partition coefficient (Wildman–Crippen LogP) is 2.31. The van der Waals surface area contributed by atoms with E-state index in [2.05, 4.69) is 9.55 Å². The fourth-order valence-corrected chi connectivity index (χ4v) is 3.09. The van der Waals surface area contributed by atoms with Crippen LogP contribution < -0.4 is 0 Å². The third-order valence-electron chi connectivity index (χ3n) is 4.37. The van der Waals surface area contributed by atoms with Gasteiger partial charge in [0.25, 0.3) is 0 Å². The second kappa shape index (κ2) is 4.06. The molecule has 2 aromatic rings. The Labute approximate surface area is 115 Å². The minimum Gasteiger partial charge on any atom is -0.478 e. The molecule has 5 heteroatoms. The first kappa shape index (κ1) is 11.9. The van der Waals surface area contributed by atoms with Crippen LogP contribution in [0.5, 0.6) is 0 Å². The Bertz CT molecular complexity index is 696. The molecular formula is C15H16N2O3. The molecule has 4 rings (SSSR count). The number of aromatic carboxylic acids is 1. The van der Waals surface area contributed by atoms with Crippen LogP contribution in [0.15, 0.2) is 18.2 Å². The summed E-state index contributed by atoms with van der Waals surface area (Å²) in [4.78, 5) is 16.0. The number of carboxylic acids is 1. The minimum atomic E-state index is -0.934. The summed E-state index contributed by atoms with van der Waals surface area (Å²) in [6, 6.07) is 5.57. The van der Waals surface area contributed by atoms with Crippen molar-refractivity contribution >= 4 is 17.0 Å². The van der Waals surface area contributed by atoms with Gasteiger partial charge in [0, 0.05) is 12.0 Å². The van der Waals surface area contributed by atoms with E-state index in [9.17, 15) is 15.0 Å². The third kappa shape index (κ3) is 1.66. The maximum absolute atomic E-state index is 11.3. The Morgan fingerprint density at radius 1 is 1.30 bits per heavy atom. The normalized spacial score (nSPS) is 25.6. The van der Waals surface area contributed by atoms with Crippen molar-refractivity contribution in [1.29, 1.82) is 0 Å². The topological polar surface area (TPSA) is 75.3 Å². The van der Waals surface area contributed by atoms with E-state index in [1.165, 1.54) is 0 Å². The largest absolute Gasteiger partial charge is 0.478 e. The molecule has 2 N–H and O–H groups in total. The zero-order valence-electron chi connectivity index (χ0n) is 11.0. The highest BCUT2D eigenvalue weighted by atomic mass is 16.4. The SMILES string of the molecule is O=C(O)c1cccc2c1nc(C1CC1)n2C1CC(O)C1. The van der Waals surface area contributed by atoms with E-state index < -0.39 is 5.97 Å². The van der Waals surface area contributed by atoms with E-state index in [4.69, 9.17) is 0 Å². The molecule has 0 spiro atoms. The average Bonchev–Trinajstić information content (AvgIpc) is 3.15. The smallest absolute Gasteiger partial charge is 0.337 e. The fourth-order valence-electron chi connectivity index (χ4n) is 3.09. The van der Waals surface area contributed by atoms with Crippen molar-refractivity contribution in [1.82, 2.24) is 9.55 Å². The minimum absolute atomic E-state index is 0.229. The summed E-state index contributed by atoms with van der Waals surface area (Å²) in [5, 5.41) is 18.8. The lowest BCUT2D eigenvalue weighted by molar-refractivity contribution is 0.0490. The highest BCUT2D eigenvalue weighted by Gasteiger charge is 2.37. The molecule has 2 aliphatic carbocycles. The number of benzene rings is 1. The predicted molar refractivity (Wildman–Crippen MR) is 72.9 cm³/mol. The molecule has 2 aliphatic rings. The number of fused-ring (bicyclic) bond motifs is 1. The molecule has 1 aromatic heterocycles. The molecule has 0 aliphatic heterocycles. The van der Waals surface area contributed by atoms with E-state index in [1.807, 2.05) is 6.07 Å². The first-order valence-electron chi connectivity index (χ1n) is 7.07. The van der Waals surface area contributed by atoms with Crippen molar-refractivity contribution in [3.05, 3.63) is 29.6 Å². The Morgan fingerprint density at radius 3 is 2.65 bits per heavy atom. The molecule has 0 atom stereocenters. The Hall–Kier alpha value is -1.88. The molecule has 104 valence electrons. The van der Waals surface area contributed by atoms with Crippen molar-refractivity contribution in [3.8, 4) is 0 Å². The van der Waals surface area contributed by atoms with Crippen molar-refractivity contribution in [2.24, 2.45) is 0 Å². The number of rotatable bonds is 3. The van der Waals surface area contributed by atoms with E-state index in [-0.39, 0.29) is 17.7 Å². The molecule has 0 bridgehead atoms. The molecule has 0 radical (unpaired) electrons. The molecular weight excluding hydrogens is 256 g/mol. The van der Waals surface area contributed by atoms with Crippen molar-refractivity contribution in [2.45, 2.75) is 43.7 Å². The Kier molecular flexibility index (Phi) is 2.41. The van der Waals surface area contributed by atoms with Crippen LogP contribution in [0.25, 0.3) is 11.0 Å². The monoisotopic (exact) mass is 272 g/mol. The number of imidazole rings is 1. The van der Waals surface area contributed by atoms with Crippen LogP contribution in [0.4, 0.5) is 0 Å². The van der Waals surface area contributed by atoms with E-state index in [0.717, 1.165) is 37.0 Å². The molecule has 0 saturated heterocycles. The highest BCUT2D eigenvalue weighted by molar-refractivity contribution is 6.01. The van der Waals surface area contributed by atoms with E-state index >= 15 is 0 Å². The summed E-state index contributed by atoms with van der Waals surface area (Å²) in [7, 11) is 0. The third-order valence-corrected chi connectivity index (χ3v) is 4.37. The van der Waals surface area contributed by atoms with Crippen LogP contribution in [0.2, 0.25) is 0 Å². The number of aliphatic hydroxyl groups excluding tert-OH is 1. The molecule has 2 saturated carbocycles. The second-order valence-electron chi connectivity index (χ2n) is 5.87. The van der Waals surface area contributed by atoms with Crippen LogP contribution in [0.3, 0.4) is 0 Å². The standard InChI is InChI=1S/C15H16N2O3/c18-10-6-9(7-10)17-12-3-1-2-11(15(19)20)13(12)16-14(17)8-4-5-8/h1-3,8-10,18H,4-7H2,(H,19,20). The average molecular weight is 272 g/mol. The van der Waals surface area contributed by atoms with E-state index in [1.54, 1.807) is 12.1 Å². The molecule has 20 heavy (non-hydrogen) atoms. The van der Waals surface area contributed by atoms with Gasteiger partial charge in [-0.1, -0.05) is 6.07 Å². The number of aliphatic hydroxyl groups is 1. The summed E-state index contributed by atoms with van der Waals surface area (Å²) in [5.41, 5.74) is 1.75. The quantitative estimate of drug-likeness (QED) is 0.899. The maximum atomic E-state index is 11.3. The molecule has 0 unspecified atom stereocenters. The first-order valence-corrected chi connectivity index (χ1v) is 7.07. The Morgan fingerprint density at radius 2 is 2.05 bits per heavy atom. The number of carbonyl (C=O) groups is 1. The van der Waals surface area contributed by atoms with Gasteiger partial charge in [-0.25, -0.2) is 9.78 Å². The fraction of sp³-hybridized carbons (Fsp3) is 0.467. The molecule has 0 amide bonds. The summed E-state index contributed by atoms with van der Waals surface area (Å²) in [6.45, 7) is 0. The summed E-state index contributed by atoms with van der Waals surface area (Å²) in [6.07, 6.45) is 3.50.